The van der Waals surface area contributed by atoms with Crippen LogP contribution in [0.25, 0.3) is 0 Å². The number of hydrogen-bond donors (Lipinski definition) is 1. The Hall–Kier alpha value is -1.51. The van der Waals surface area contributed by atoms with Crippen LogP contribution in [-0.4, -0.2) is 13.0 Å². The molecular formula is C16H22N2O. The van der Waals surface area contributed by atoms with Crippen LogP contribution in [0.3, 0.4) is 0 Å². The van der Waals surface area contributed by atoms with Crippen LogP contribution in [0.15, 0.2) is 24.3 Å². The van der Waals surface area contributed by atoms with Gasteiger partial charge in [0.05, 0.1) is 0 Å². The summed E-state index contributed by atoms with van der Waals surface area (Å²) >= 11 is 0. The summed E-state index contributed by atoms with van der Waals surface area (Å²) in [6.07, 6.45) is 6.08. The third-order valence-corrected chi connectivity index (χ3v) is 4.98. The van der Waals surface area contributed by atoms with Crippen LogP contribution in [0.1, 0.15) is 32.1 Å². The van der Waals surface area contributed by atoms with Gasteiger partial charge in [-0.1, -0.05) is 6.42 Å². The number of amides is 1. The highest BCUT2D eigenvalue weighted by atomic mass is 16.2. The van der Waals surface area contributed by atoms with E-state index >= 15 is 0 Å². The number of benzene rings is 1. The number of carbonyl (C=O) groups is 1. The van der Waals surface area contributed by atoms with Gasteiger partial charge in [-0.05, 0) is 61.3 Å². The van der Waals surface area contributed by atoms with Crippen LogP contribution in [0.4, 0.5) is 11.4 Å². The van der Waals surface area contributed by atoms with Crippen molar-refractivity contribution in [2.24, 2.45) is 17.8 Å². The first-order valence-corrected chi connectivity index (χ1v) is 7.25. The Labute approximate surface area is 114 Å². The highest BCUT2D eigenvalue weighted by Gasteiger charge is 2.40. The summed E-state index contributed by atoms with van der Waals surface area (Å²) < 4.78 is 0. The highest BCUT2D eigenvalue weighted by Crippen LogP contribution is 2.49. The Kier molecular flexibility index (Phi) is 3.21. The lowest BCUT2D eigenvalue weighted by atomic mass is 9.86. The Balaban J connectivity index is 1.62. The fourth-order valence-electron chi connectivity index (χ4n) is 3.83. The molecule has 3 rings (SSSR count). The Morgan fingerprint density at radius 2 is 2.00 bits per heavy atom. The molecule has 2 saturated carbocycles. The molecule has 2 bridgehead atoms. The molecule has 19 heavy (non-hydrogen) atoms. The number of anilines is 2. The van der Waals surface area contributed by atoms with Crippen molar-refractivity contribution in [2.75, 3.05) is 17.7 Å². The van der Waals surface area contributed by atoms with E-state index in [0.717, 1.165) is 23.2 Å². The standard InChI is InChI=1S/C16H22N2O/c1-18(15-6-4-14(17)5-7-15)16(19)10-13-9-11-2-3-12(13)8-11/h4-7,11-13H,2-3,8-10,17H2,1H3/t11-,12+,13?/m0/s1. The van der Waals surface area contributed by atoms with Gasteiger partial charge in [0.15, 0.2) is 0 Å². The minimum atomic E-state index is 0.238. The second kappa shape index (κ2) is 4.87. The second-order valence-corrected chi connectivity index (χ2v) is 6.18. The van der Waals surface area contributed by atoms with Crippen LogP contribution in [-0.2, 0) is 4.79 Å². The van der Waals surface area contributed by atoms with Gasteiger partial charge >= 0.3 is 0 Å². The van der Waals surface area contributed by atoms with Crippen molar-refractivity contribution in [1.29, 1.82) is 0 Å². The van der Waals surface area contributed by atoms with E-state index in [1.807, 2.05) is 31.3 Å². The van der Waals surface area contributed by atoms with Crippen LogP contribution < -0.4 is 10.6 Å². The van der Waals surface area contributed by atoms with E-state index in [-0.39, 0.29) is 5.91 Å². The zero-order chi connectivity index (χ0) is 13.4. The molecule has 102 valence electrons. The molecule has 3 atom stereocenters. The average molecular weight is 258 g/mol. The molecule has 0 aliphatic heterocycles. The van der Waals surface area contributed by atoms with Crippen molar-refractivity contribution in [3.05, 3.63) is 24.3 Å². The van der Waals surface area contributed by atoms with Gasteiger partial charge in [-0.15, -0.1) is 0 Å². The van der Waals surface area contributed by atoms with E-state index in [2.05, 4.69) is 0 Å². The van der Waals surface area contributed by atoms with Gasteiger partial charge in [0.2, 0.25) is 5.91 Å². The Bertz CT molecular complexity index is 468. The number of hydrogen-bond acceptors (Lipinski definition) is 2. The lowest BCUT2D eigenvalue weighted by Gasteiger charge is -2.24. The summed E-state index contributed by atoms with van der Waals surface area (Å²) in [5.41, 5.74) is 7.34. The van der Waals surface area contributed by atoms with E-state index in [1.165, 1.54) is 25.7 Å². The van der Waals surface area contributed by atoms with Crippen molar-refractivity contribution in [3.8, 4) is 0 Å². The molecule has 0 radical (unpaired) electrons. The molecule has 2 aliphatic rings. The minimum Gasteiger partial charge on any atom is -0.399 e. The number of carbonyl (C=O) groups excluding carboxylic acids is 1. The molecule has 1 unspecified atom stereocenters. The van der Waals surface area contributed by atoms with Crippen LogP contribution in [0.5, 0.6) is 0 Å². The number of fused-ring (bicyclic) bond motifs is 2. The van der Waals surface area contributed by atoms with Crippen LogP contribution in [0, 0.1) is 17.8 Å². The zero-order valence-electron chi connectivity index (χ0n) is 11.5. The van der Waals surface area contributed by atoms with Gasteiger partial charge in [-0.2, -0.15) is 0 Å². The molecule has 2 N–H and O–H groups in total. The first kappa shape index (κ1) is 12.5. The van der Waals surface area contributed by atoms with Gasteiger partial charge in [0, 0.05) is 24.8 Å². The molecule has 1 aromatic carbocycles. The lowest BCUT2D eigenvalue weighted by Crippen LogP contribution is -2.29. The van der Waals surface area contributed by atoms with Gasteiger partial charge in [0.1, 0.15) is 0 Å². The van der Waals surface area contributed by atoms with Crippen LogP contribution in [0.2, 0.25) is 0 Å². The monoisotopic (exact) mass is 258 g/mol. The number of nitrogens with zero attached hydrogens (tertiary/aromatic N) is 1. The third kappa shape index (κ3) is 2.46. The summed E-state index contributed by atoms with van der Waals surface area (Å²) in [6.45, 7) is 0. The third-order valence-electron chi connectivity index (χ3n) is 4.98. The molecule has 1 amide bonds. The first-order chi connectivity index (χ1) is 9.13. The second-order valence-electron chi connectivity index (χ2n) is 6.18. The topological polar surface area (TPSA) is 46.3 Å². The summed E-state index contributed by atoms with van der Waals surface area (Å²) in [7, 11) is 1.86. The smallest absolute Gasteiger partial charge is 0.227 e. The maximum absolute atomic E-state index is 12.4. The molecule has 0 saturated heterocycles. The Morgan fingerprint density at radius 1 is 1.26 bits per heavy atom. The molecule has 2 fully saturated rings. The highest BCUT2D eigenvalue weighted by molar-refractivity contribution is 5.93. The summed E-state index contributed by atoms with van der Waals surface area (Å²) in [4.78, 5) is 14.1. The maximum Gasteiger partial charge on any atom is 0.227 e. The van der Waals surface area contributed by atoms with Crippen LogP contribution >= 0.6 is 0 Å². The molecule has 0 aromatic heterocycles. The molecule has 0 heterocycles. The van der Waals surface area contributed by atoms with Crippen molar-refractivity contribution in [2.45, 2.75) is 32.1 Å². The maximum atomic E-state index is 12.4. The van der Waals surface area contributed by atoms with E-state index in [1.54, 1.807) is 4.90 Å². The molecule has 0 spiro atoms. The van der Waals surface area contributed by atoms with Gasteiger partial charge in [-0.25, -0.2) is 0 Å². The molecule has 2 aliphatic carbocycles. The molecule has 3 heteroatoms. The van der Waals surface area contributed by atoms with Crippen molar-refractivity contribution in [3.63, 3.8) is 0 Å². The molecule has 3 nitrogen and oxygen atoms in total. The Morgan fingerprint density at radius 3 is 2.58 bits per heavy atom. The summed E-state index contributed by atoms with van der Waals surface area (Å²) in [5.74, 6) is 2.59. The van der Waals surface area contributed by atoms with Crippen molar-refractivity contribution in [1.82, 2.24) is 0 Å². The van der Waals surface area contributed by atoms with Gasteiger partial charge < -0.3 is 10.6 Å². The van der Waals surface area contributed by atoms with E-state index in [9.17, 15) is 4.79 Å². The molecule has 1 aromatic rings. The first-order valence-electron chi connectivity index (χ1n) is 7.25. The number of nitrogen functional groups attached to an aromatic ring is 1. The summed E-state index contributed by atoms with van der Waals surface area (Å²) in [5, 5.41) is 0. The molecular weight excluding hydrogens is 236 g/mol. The zero-order valence-corrected chi connectivity index (χ0v) is 11.5. The fourth-order valence-corrected chi connectivity index (χ4v) is 3.83. The largest absolute Gasteiger partial charge is 0.399 e. The van der Waals surface area contributed by atoms with Gasteiger partial charge in [-0.3, -0.25) is 4.79 Å². The fraction of sp³-hybridized carbons (Fsp3) is 0.562. The normalized spacial score (nSPS) is 28.6. The van der Waals surface area contributed by atoms with E-state index in [4.69, 9.17) is 5.73 Å². The van der Waals surface area contributed by atoms with Gasteiger partial charge in [0.25, 0.3) is 0 Å². The summed E-state index contributed by atoms with van der Waals surface area (Å²) in [6, 6.07) is 7.51. The predicted octanol–water partition coefficient (Wildman–Crippen LogP) is 3.06. The van der Waals surface area contributed by atoms with Crippen molar-refractivity contribution >= 4 is 17.3 Å². The van der Waals surface area contributed by atoms with E-state index < -0.39 is 0 Å². The van der Waals surface area contributed by atoms with E-state index in [0.29, 0.717) is 12.3 Å². The minimum absolute atomic E-state index is 0.238. The SMILES string of the molecule is CN(C(=O)CC1C[C@H]2CC[C@@H]1C2)c1ccc(N)cc1. The predicted molar refractivity (Wildman–Crippen MR) is 77.8 cm³/mol. The lowest BCUT2D eigenvalue weighted by molar-refractivity contribution is -0.119. The van der Waals surface area contributed by atoms with Crippen molar-refractivity contribution < 1.29 is 4.79 Å². The average Bonchev–Trinajstić information content (AvgIpc) is 3.01. The quantitative estimate of drug-likeness (QED) is 0.847. The number of nitrogens with two attached hydrogens (primary N) is 1. The number of rotatable bonds is 3.